The monoisotopic (exact) mass is 211 g/mol. The van der Waals surface area contributed by atoms with Crippen molar-refractivity contribution in [3.63, 3.8) is 0 Å². The van der Waals surface area contributed by atoms with Crippen LogP contribution < -0.4 is 5.73 Å². The van der Waals surface area contributed by atoms with E-state index in [-0.39, 0.29) is 0 Å². The molecule has 0 aliphatic heterocycles. The van der Waals surface area contributed by atoms with E-state index < -0.39 is 30.1 Å². The Kier molecular flexibility index (Phi) is 2.40. The van der Waals surface area contributed by atoms with E-state index >= 15 is 0 Å². The maximum atomic E-state index is 12.4. The summed E-state index contributed by atoms with van der Waals surface area (Å²) in [4.78, 5) is 0. The molecule has 0 aromatic carbocycles. The molecule has 1 atom stereocenters. The van der Waals surface area contributed by atoms with E-state index in [0.717, 1.165) is 6.92 Å². The van der Waals surface area contributed by atoms with Gasteiger partial charge in [0.25, 0.3) is 5.89 Å². The standard InChI is InChI=1S/C6H8F3N3O2/c1-2-5(13,6(7,8)9)3-11-12-4(10)14-3/h13H,2H2,1H3,(H2,10,12)/t5-/m1/s1. The molecule has 0 radical (unpaired) electrons. The second-order valence-corrected chi connectivity index (χ2v) is 2.66. The minimum atomic E-state index is -4.87. The lowest BCUT2D eigenvalue weighted by Crippen LogP contribution is -2.42. The number of aliphatic hydroxyl groups is 1. The highest BCUT2D eigenvalue weighted by molar-refractivity contribution is 5.10. The average molecular weight is 211 g/mol. The summed E-state index contributed by atoms with van der Waals surface area (Å²) in [5.74, 6) is -0.940. The predicted octanol–water partition coefficient (Wildman–Crippen LogP) is 0.812. The molecule has 5 nitrogen and oxygen atoms in total. The van der Waals surface area contributed by atoms with Crippen molar-refractivity contribution in [2.24, 2.45) is 0 Å². The summed E-state index contributed by atoms with van der Waals surface area (Å²) in [6, 6.07) is -0.517. The summed E-state index contributed by atoms with van der Waals surface area (Å²) >= 11 is 0. The molecule has 1 aromatic rings. The number of rotatable bonds is 2. The van der Waals surface area contributed by atoms with Crippen LogP contribution in [0.15, 0.2) is 4.42 Å². The lowest BCUT2D eigenvalue weighted by atomic mass is 10.0. The highest BCUT2D eigenvalue weighted by atomic mass is 19.4. The molecule has 0 saturated carbocycles. The van der Waals surface area contributed by atoms with Gasteiger partial charge in [0.2, 0.25) is 5.60 Å². The topological polar surface area (TPSA) is 85.2 Å². The maximum Gasteiger partial charge on any atom is 0.426 e. The van der Waals surface area contributed by atoms with E-state index in [1.807, 2.05) is 0 Å². The Labute approximate surface area is 76.7 Å². The van der Waals surface area contributed by atoms with Gasteiger partial charge in [-0.25, -0.2) is 0 Å². The fourth-order valence-electron chi connectivity index (χ4n) is 0.875. The quantitative estimate of drug-likeness (QED) is 0.756. The Hall–Kier alpha value is -1.31. The summed E-state index contributed by atoms with van der Waals surface area (Å²) in [7, 11) is 0. The largest absolute Gasteiger partial charge is 0.426 e. The third-order valence-electron chi connectivity index (χ3n) is 1.78. The molecule has 80 valence electrons. The molecule has 0 spiro atoms. The second kappa shape index (κ2) is 3.12. The van der Waals surface area contributed by atoms with Crippen molar-refractivity contribution in [1.82, 2.24) is 10.2 Å². The van der Waals surface area contributed by atoms with Crippen molar-refractivity contribution in [3.05, 3.63) is 5.89 Å². The van der Waals surface area contributed by atoms with Gasteiger partial charge >= 0.3 is 12.2 Å². The molecule has 0 saturated heterocycles. The molecule has 0 aliphatic carbocycles. The minimum Gasteiger partial charge on any atom is -0.405 e. The summed E-state index contributed by atoms with van der Waals surface area (Å²) in [5.41, 5.74) is 1.83. The van der Waals surface area contributed by atoms with E-state index in [2.05, 4.69) is 14.6 Å². The average Bonchev–Trinajstić information content (AvgIpc) is 2.48. The summed E-state index contributed by atoms with van der Waals surface area (Å²) < 4.78 is 41.5. The summed E-state index contributed by atoms with van der Waals surface area (Å²) in [5, 5.41) is 15.3. The number of hydrogen-bond acceptors (Lipinski definition) is 5. The van der Waals surface area contributed by atoms with Gasteiger partial charge in [0, 0.05) is 0 Å². The highest BCUT2D eigenvalue weighted by Gasteiger charge is 2.57. The first-order valence-corrected chi connectivity index (χ1v) is 3.70. The fourth-order valence-corrected chi connectivity index (χ4v) is 0.875. The molecule has 0 fully saturated rings. The zero-order valence-electron chi connectivity index (χ0n) is 7.17. The van der Waals surface area contributed by atoms with Gasteiger partial charge in [-0.3, -0.25) is 0 Å². The zero-order chi connectivity index (χ0) is 11.0. The smallest absolute Gasteiger partial charge is 0.405 e. The predicted molar refractivity (Wildman–Crippen MR) is 39.0 cm³/mol. The van der Waals surface area contributed by atoms with Gasteiger partial charge in [-0.15, -0.1) is 5.10 Å². The first-order chi connectivity index (χ1) is 6.31. The molecule has 1 aromatic heterocycles. The van der Waals surface area contributed by atoms with Gasteiger partial charge in [0.15, 0.2) is 0 Å². The maximum absolute atomic E-state index is 12.4. The van der Waals surface area contributed by atoms with Gasteiger partial charge in [0.1, 0.15) is 0 Å². The lowest BCUT2D eigenvalue weighted by Gasteiger charge is -2.24. The molecule has 14 heavy (non-hydrogen) atoms. The van der Waals surface area contributed by atoms with Crippen LogP contribution >= 0.6 is 0 Å². The Bertz CT molecular complexity index is 324. The number of alkyl halides is 3. The normalized spacial score (nSPS) is 16.6. The summed E-state index contributed by atoms with van der Waals surface area (Å²) in [6.07, 6.45) is -5.50. The molecule has 8 heteroatoms. The molecular weight excluding hydrogens is 203 g/mol. The SMILES string of the molecule is CC[C@@](O)(c1nnc(N)o1)C(F)(F)F. The van der Waals surface area contributed by atoms with Crippen LogP contribution in [-0.2, 0) is 5.60 Å². The zero-order valence-corrected chi connectivity index (χ0v) is 7.17. The Morgan fingerprint density at radius 2 is 2.00 bits per heavy atom. The van der Waals surface area contributed by atoms with Crippen LogP contribution in [0.25, 0.3) is 0 Å². The second-order valence-electron chi connectivity index (χ2n) is 2.66. The lowest BCUT2D eigenvalue weighted by molar-refractivity contribution is -0.275. The van der Waals surface area contributed by atoms with Crippen LogP contribution in [0.1, 0.15) is 19.2 Å². The molecule has 0 unspecified atom stereocenters. The molecule has 1 heterocycles. The number of aromatic nitrogens is 2. The number of hydrogen-bond donors (Lipinski definition) is 2. The first-order valence-electron chi connectivity index (χ1n) is 3.70. The van der Waals surface area contributed by atoms with E-state index in [0.29, 0.717) is 0 Å². The van der Waals surface area contributed by atoms with E-state index in [4.69, 9.17) is 5.73 Å². The van der Waals surface area contributed by atoms with Crippen LogP contribution in [0.2, 0.25) is 0 Å². The van der Waals surface area contributed by atoms with Gasteiger partial charge in [-0.05, 0) is 6.42 Å². The molecule has 1 rings (SSSR count). The first kappa shape index (κ1) is 10.8. The summed E-state index contributed by atoms with van der Waals surface area (Å²) in [6.45, 7) is 1.15. The van der Waals surface area contributed by atoms with Gasteiger partial charge in [-0.2, -0.15) is 13.2 Å². The van der Waals surface area contributed by atoms with Crippen molar-refractivity contribution >= 4 is 6.01 Å². The van der Waals surface area contributed by atoms with Crippen LogP contribution in [0.5, 0.6) is 0 Å². The van der Waals surface area contributed by atoms with Crippen LogP contribution in [0.3, 0.4) is 0 Å². The number of anilines is 1. The Morgan fingerprint density at radius 3 is 2.29 bits per heavy atom. The van der Waals surface area contributed by atoms with Crippen LogP contribution in [-0.4, -0.2) is 21.5 Å². The van der Waals surface area contributed by atoms with Crippen molar-refractivity contribution < 1.29 is 22.7 Å². The number of nitrogens with two attached hydrogens (primary N) is 1. The number of nitrogen functional groups attached to an aromatic ring is 1. The molecule has 0 bridgehead atoms. The van der Waals surface area contributed by atoms with Crippen molar-refractivity contribution in [3.8, 4) is 0 Å². The third-order valence-corrected chi connectivity index (χ3v) is 1.78. The minimum absolute atomic E-state index is 0.517. The molecular formula is C6H8F3N3O2. The van der Waals surface area contributed by atoms with Crippen molar-refractivity contribution in [1.29, 1.82) is 0 Å². The molecule has 3 N–H and O–H groups in total. The Morgan fingerprint density at radius 1 is 1.43 bits per heavy atom. The van der Waals surface area contributed by atoms with Crippen molar-refractivity contribution in [2.45, 2.75) is 25.1 Å². The number of nitrogens with zero attached hydrogens (tertiary/aromatic N) is 2. The van der Waals surface area contributed by atoms with Gasteiger partial charge in [0.05, 0.1) is 0 Å². The van der Waals surface area contributed by atoms with Crippen LogP contribution in [0, 0.1) is 0 Å². The Balaban J connectivity index is 3.14. The van der Waals surface area contributed by atoms with Crippen molar-refractivity contribution in [2.75, 3.05) is 5.73 Å². The highest BCUT2D eigenvalue weighted by Crippen LogP contribution is 2.40. The fraction of sp³-hybridized carbons (Fsp3) is 0.667. The van der Waals surface area contributed by atoms with Crippen LogP contribution in [0.4, 0.5) is 19.2 Å². The van der Waals surface area contributed by atoms with Gasteiger partial charge < -0.3 is 15.3 Å². The van der Waals surface area contributed by atoms with E-state index in [9.17, 15) is 18.3 Å². The number of halogens is 3. The third kappa shape index (κ3) is 1.52. The van der Waals surface area contributed by atoms with Gasteiger partial charge in [-0.1, -0.05) is 12.0 Å². The molecule has 0 amide bonds. The van der Waals surface area contributed by atoms with E-state index in [1.54, 1.807) is 0 Å². The molecule has 0 aliphatic rings. The van der Waals surface area contributed by atoms with E-state index in [1.165, 1.54) is 0 Å².